The van der Waals surface area contributed by atoms with E-state index < -0.39 is 58.9 Å². The highest BCUT2D eigenvalue weighted by Crippen LogP contribution is 2.39. The Hall–Kier alpha value is -2.90. The van der Waals surface area contributed by atoms with Crippen LogP contribution in [0.1, 0.15) is 31.9 Å². The summed E-state index contributed by atoms with van der Waals surface area (Å²) in [6.45, 7) is 1.31. The summed E-state index contributed by atoms with van der Waals surface area (Å²) >= 11 is 5.96. The van der Waals surface area contributed by atoms with Gasteiger partial charge in [0.25, 0.3) is 0 Å². The van der Waals surface area contributed by atoms with E-state index in [1.54, 1.807) is 6.92 Å². The van der Waals surface area contributed by atoms with Gasteiger partial charge in [-0.3, -0.25) is 9.59 Å². The quantitative estimate of drug-likeness (QED) is 0.319. The number of rotatable bonds is 13. The lowest BCUT2D eigenvalue weighted by molar-refractivity contribution is -0.139. The molecule has 13 heteroatoms. The van der Waals surface area contributed by atoms with Crippen molar-refractivity contribution in [2.45, 2.75) is 44.5 Å². The van der Waals surface area contributed by atoms with Gasteiger partial charge in [-0.1, -0.05) is 54.1 Å². The molecule has 1 heterocycles. The smallest absolute Gasteiger partial charge is 0.247 e. The molecule has 0 unspecified atom stereocenters. The second-order valence-electron chi connectivity index (χ2n) is 10.4. The number of sulfonamides is 1. The van der Waals surface area contributed by atoms with Gasteiger partial charge >= 0.3 is 0 Å². The highest BCUT2D eigenvalue weighted by molar-refractivity contribution is 7.99. The lowest BCUT2D eigenvalue weighted by Crippen LogP contribution is -2.58. The lowest BCUT2D eigenvalue weighted by atomic mass is 9.90. The third-order valence-corrected chi connectivity index (χ3v) is 8.57. The first kappa shape index (κ1) is 32.6. The molecule has 0 spiro atoms. The van der Waals surface area contributed by atoms with Crippen LogP contribution < -0.4 is 15.8 Å². The maximum absolute atomic E-state index is 14.4. The summed E-state index contributed by atoms with van der Waals surface area (Å²) in [7, 11) is -4.36. The molecule has 0 aliphatic carbocycles. The number of nitrogens with zero attached hydrogens (tertiary/aromatic N) is 1. The van der Waals surface area contributed by atoms with Gasteiger partial charge in [0, 0.05) is 18.1 Å². The number of nitrogens with two attached hydrogens (primary N) is 1. The zero-order valence-corrected chi connectivity index (χ0v) is 24.7. The fourth-order valence-electron chi connectivity index (χ4n) is 4.30. The van der Waals surface area contributed by atoms with Gasteiger partial charge in [-0.2, -0.15) is 4.72 Å². The van der Waals surface area contributed by atoms with E-state index in [-0.39, 0.29) is 35.8 Å². The molecule has 4 N–H and O–H groups in total. The van der Waals surface area contributed by atoms with Crippen molar-refractivity contribution in [2.75, 3.05) is 33.0 Å². The van der Waals surface area contributed by atoms with Crippen LogP contribution in [0.4, 0.5) is 8.78 Å². The van der Waals surface area contributed by atoms with Crippen LogP contribution in [-0.2, 0) is 31.0 Å². The van der Waals surface area contributed by atoms with Gasteiger partial charge in [0.2, 0.25) is 21.8 Å². The SMILES string of the molecule is CCN(CC1=C(c2ccc(Cl)cc2)S(=O)(=O)NC1(CF)CF)C(=O)[C@@H](COCc1ccccc1)NC(=O)C(C)(C)N. The van der Waals surface area contributed by atoms with E-state index in [0.29, 0.717) is 5.02 Å². The molecule has 1 aliphatic rings. The first-order chi connectivity index (χ1) is 19.3. The number of carbonyl (C=O) groups is 2. The number of amides is 2. The molecule has 2 amide bonds. The zero-order valence-electron chi connectivity index (χ0n) is 23.1. The van der Waals surface area contributed by atoms with Gasteiger partial charge < -0.3 is 20.7 Å². The number of hydrogen-bond donors (Lipinski definition) is 3. The molecule has 1 aliphatic heterocycles. The molecule has 0 fully saturated rings. The third kappa shape index (κ3) is 7.69. The molecule has 0 bridgehead atoms. The number of alkyl halides is 2. The summed E-state index contributed by atoms with van der Waals surface area (Å²) in [5.74, 6) is -1.26. The zero-order chi connectivity index (χ0) is 30.4. The Balaban J connectivity index is 1.99. The first-order valence-corrected chi connectivity index (χ1v) is 14.8. The number of nitrogens with one attached hydrogen (secondary N) is 2. The second kappa shape index (κ2) is 13.4. The molecule has 0 aromatic heterocycles. The van der Waals surface area contributed by atoms with Gasteiger partial charge in [-0.05, 0) is 49.6 Å². The molecule has 0 saturated carbocycles. The van der Waals surface area contributed by atoms with Crippen molar-refractivity contribution < 1.29 is 31.5 Å². The summed E-state index contributed by atoms with van der Waals surface area (Å²) in [4.78, 5) is 27.4. The Morgan fingerprint density at radius 2 is 1.73 bits per heavy atom. The number of benzene rings is 2. The Bertz CT molecular complexity index is 1360. The Morgan fingerprint density at radius 1 is 1.12 bits per heavy atom. The molecule has 224 valence electrons. The van der Waals surface area contributed by atoms with Crippen molar-refractivity contribution in [1.29, 1.82) is 0 Å². The molecule has 2 aromatic carbocycles. The van der Waals surface area contributed by atoms with Gasteiger partial charge in [-0.15, -0.1) is 0 Å². The summed E-state index contributed by atoms with van der Waals surface area (Å²) in [6, 6.07) is 13.7. The highest BCUT2D eigenvalue weighted by Gasteiger charge is 2.50. The van der Waals surface area contributed by atoms with Crippen LogP contribution >= 0.6 is 11.6 Å². The molecule has 3 rings (SSSR count). The molecule has 41 heavy (non-hydrogen) atoms. The molecule has 2 aromatic rings. The van der Waals surface area contributed by atoms with Gasteiger partial charge in [0.05, 0.1) is 23.7 Å². The monoisotopic (exact) mass is 612 g/mol. The van der Waals surface area contributed by atoms with Crippen molar-refractivity contribution in [3.05, 3.63) is 76.3 Å². The fourth-order valence-corrected chi connectivity index (χ4v) is 6.30. The molecule has 1 atom stereocenters. The maximum Gasteiger partial charge on any atom is 0.247 e. The largest absolute Gasteiger partial charge is 0.374 e. The minimum absolute atomic E-state index is 0.0298. The average molecular weight is 613 g/mol. The van der Waals surface area contributed by atoms with Crippen LogP contribution in [0.25, 0.3) is 4.91 Å². The van der Waals surface area contributed by atoms with E-state index in [4.69, 9.17) is 22.1 Å². The predicted octanol–water partition coefficient (Wildman–Crippen LogP) is 2.95. The van der Waals surface area contributed by atoms with Crippen molar-refractivity contribution in [1.82, 2.24) is 14.9 Å². The van der Waals surface area contributed by atoms with Crippen molar-refractivity contribution in [3.8, 4) is 0 Å². The summed E-state index contributed by atoms with van der Waals surface area (Å²) in [5, 5.41) is 2.94. The van der Waals surface area contributed by atoms with Crippen LogP contribution in [0.15, 0.2) is 60.2 Å². The Kier molecular flexibility index (Phi) is 10.6. The molecular formula is C28H35ClF2N4O5S. The van der Waals surface area contributed by atoms with Gasteiger partial charge in [-0.25, -0.2) is 17.2 Å². The standard InChI is InChI=1S/C28H35ClF2N4O5S/c1-4-35(25(36)23(33-26(37)27(2,3)32)16-40-15-19-8-6-5-7-9-19)14-22-24(20-10-12-21(29)13-11-20)41(38,39)34-28(22,17-30)18-31/h5-13,23,34H,4,14-18,32H2,1-3H3,(H,33,37)/t23-/m1/s1. The van der Waals surface area contributed by atoms with E-state index in [9.17, 15) is 26.8 Å². The van der Waals surface area contributed by atoms with Crippen LogP contribution in [0.3, 0.4) is 0 Å². The van der Waals surface area contributed by atoms with Crippen molar-refractivity contribution >= 4 is 38.3 Å². The predicted molar refractivity (Wildman–Crippen MR) is 154 cm³/mol. The van der Waals surface area contributed by atoms with Crippen LogP contribution in [0, 0.1) is 0 Å². The lowest BCUT2D eigenvalue weighted by Gasteiger charge is -2.32. The third-order valence-electron chi connectivity index (χ3n) is 6.64. The fraction of sp³-hybridized carbons (Fsp3) is 0.429. The highest BCUT2D eigenvalue weighted by atomic mass is 35.5. The van der Waals surface area contributed by atoms with Crippen molar-refractivity contribution in [3.63, 3.8) is 0 Å². The summed E-state index contributed by atoms with van der Waals surface area (Å²) in [6.07, 6.45) is 0. The van der Waals surface area contributed by atoms with E-state index in [0.717, 1.165) is 5.56 Å². The number of halogens is 3. The normalized spacial score (nSPS) is 16.9. The number of likely N-dealkylation sites (N-methyl/N-ethyl adjacent to an activating group) is 1. The Labute approximate surface area is 244 Å². The average Bonchev–Trinajstić information content (AvgIpc) is 3.17. The topological polar surface area (TPSA) is 131 Å². The number of carbonyl (C=O) groups excluding carboxylic acids is 2. The van der Waals surface area contributed by atoms with Gasteiger partial charge in [0.1, 0.15) is 24.9 Å². The second-order valence-corrected chi connectivity index (χ2v) is 12.4. The molecule has 0 radical (unpaired) electrons. The van der Waals surface area contributed by atoms with Crippen molar-refractivity contribution in [2.24, 2.45) is 5.73 Å². The molecule has 0 saturated heterocycles. The number of ether oxygens (including phenoxy) is 1. The van der Waals surface area contributed by atoms with Gasteiger partial charge in [0.15, 0.2) is 0 Å². The van der Waals surface area contributed by atoms with E-state index in [1.807, 2.05) is 30.3 Å². The summed E-state index contributed by atoms with van der Waals surface area (Å²) < 4.78 is 63.1. The molecular weight excluding hydrogens is 578 g/mol. The van der Waals surface area contributed by atoms with E-state index in [1.165, 1.54) is 43.0 Å². The minimum atomic E-state index is -4.36. The van der Waals surface area contributed by atoms with Crippen LogP contribution in [0.2, 0.25) is 5.02 Å². The summed E-state index contributed by atoms with van der Waals surface area (Å²) in [5.41, 5.74) is 3.25. The van der Waals surface area contributed by atoms with E-state index in [2.05, 4.69) is 10.0 Å². The van der Waals surface area contributed by atoms with E-state index >= 15 is 0 Å². The maximum atomic E-state index is 14.4. The van der Waals surface area contributed by atoms with Crippen LogP contribution in [-0.4, -0.2) is 75.3 Å². The molecule has 9 nitrogen and oxygen atoms in total. The first-order valence-electron chi connectivity index (χ1n) is 12.9. The minimum Gasteiger partial charge on any atom is -0.374 e. The number of hydrogen-bond acceptors (Lipinski definition) is 6. The Morgan fingerprint density at radius 3 is 2.27 bits per heavy atom. The van der Waals surface area contributed by atoms with Crippen LogP contribution in [0.5, 0.6) is 0 Å².